The lowest BCUT2D eigenvalue weighted by Gasteiger charge is -2.12. The summed E-state index contributed by atoms with van der Waals surface area (Å²) in [5, 5.41) is 0. The largest absolute Gasteiger partial charge is 0.495 e. The topological polar surface area (TPSA) is 93.5 Å². The summed E-state index contributed by atoms with van der Waals surface area (Å²) in [6.45, 7) is 2.00. The molecular formula is C9H15N3O3S. The summed E-state index contributed by atoms with van der Waals surface area (Å²) in [7, 11) is -2.11. The lowest BCUT2D eigenvalue weighted by atomic mass is 10.2. The molecule has 0 heterocycles. The van der Waals surface area contributed by atoms with Gasteiger partial charge in [0.25, 0.3) is 10.2 Å². The van der Waals surface area contributed by atoms with E-state index in [1.807, 2.05) is 0 Å². The fourth-order valence-corrected chi connectivity index (χ4v) is 2.08. The first kappa shape index (κ1) is 12.6. The van der Waals surface area contributed by atoms with Crippen molar-refractivity contribution in [2.75, 3.05) is 24.1 Å². The van der Waals surface area contributed by atoms with Crippen LogP contribution in [0.3, 0.4) is 0 Å². The third-order valence-corrected chi connectivity index (χ3v) is 2.96. The number of anilines is 2. The van der Waals surface area contributed by atoms with Crippen molar-refractivity contribution in [3.05, 3.63) is 18.2 Å². The predicted molar refractivity (Wildman–Crippen MR) is 63.6 cm³/mol. The molecule has 1 aromatic carbocycles. The van der Waals surface area contributed by atoms with Crippen LogP contribution in [0.4, 0.5) is 11.4 Å². The number of nitrogens with two attached hydrogens (primary N) is 1. The predicted octanol–water partition coefficient (Wildman–Crippen LogP) is 0.544. The van der Waals surface area contributed by atoms with Gasteiger partial charge in [-0.2, -0.15) is 13.1 Å². The number of nitrogens with one attached hydrogen (secondary N) is 2. The van der Waals surface area contributed by atoms with E-state index in [4.69, 9.17) is 10.5 Å². The molecule has 1 rings (SSSR count). The molecule has 0 fully saturated rings. The Balaban J connectivity index is 3.00. The highest BCUT2D eigenvalue weighted by atomic mass is 32.2. The van der Waals surface area contributed by atoms with E-state index in [1.165, 1.54) is 13.2 Å². The van der Waals surface area contributed by atoms with Crippen molar-refractivity contribution in [1.82, 2.24) is 4.72 Å². The Morgan fingerprint density at radius 2 is 2.12 bits per heavy atom. The van der Waals surface area contributed by atoms with E-state index in [1.54, 1.807) is 19.1 Å². The highest BCUT2D eigenvalue weighted by molar-refractivity contribution is 7.90. The Bertz CT molecular complexity index is 459. The third-order valence-electron chi connectivity index (χ3n) is 1.80. The van der Waals surface area contributed by atoms with Crippen molar-refractivity contribution in [3.8, 4) is 5.75 Å². The summed E-state index contributed by atoms with van der Waals surface area (Å²) in [4.78, 5) is 0. The number of benzene rings is 1. The minimum Gasteiger partial charge on any atom is -0.495 e. The molecule has 7 heteroatoms. The van der Waals surface area contributed by atoms with E-state index in [9.17, 15) is 8.42 Å². The van der Waals surface area contributed by atoms with Crippen LogP contribution in [-0.4, -0.2) is 22.1 Å². The number of hydrogen-bond donors (Lipinski definition) is 3. The molecule has 0 aliphatic carbocycles. The van der Waals surface area contributed by atoms with E-state index in [0.29, 0.717) is 23.7 Å². The molecule has 16 heavy (non-hydrogen) atoms. The van der Waals surface area contributed by atoms with Crippen LogP contribution in [-0.2, 0) is 10.2 Å². The quantitative estimate of drug-likeness (QED) is 0.660. The maximum Gasteiger partial charge on any atom is 0.299 e. The van der Waals surface area contributed by atoms with Gasteiger partial charge in [0.15, 0.2) is 0 Å². The van der Waals surface area contributed by atoms with Gasteiger partial charge in [-0.1, -0.05) is 6.92 Å². The lowest BCUT2D eigenvalue weighted by Crippen LogP contribution is -2.29. The monoisotopic (exact) mass is 245 g/mol. The molecule has 0 aliphatic heterocycles. The average Bonchev–Trinajstić information content (AvgIpc) is 2.17. The molecule has 0 spiro atoms. The van der Waals surface area contributed by atoms with Gasteiger partial charge in [0, 0.05) is 12.2 Å². The summed E-state index contributed by atoms with van der Waals surface area (Å²) in [5.74, 6) is 0.413. The summed E-state index contributed by atoms with van der Waals surface area (Å²) in [5.41, 5.74) is 6.33. The fraction of sp³-hybridized carbons (Fsp3) is 0.333. The maximum absolute atomic E-state index is 11.5. The molecule has 1 aromatic rings. The van der Waals surface area contributed by atoms with Crippen LogP contribution in [0.5, 0.6) is 5.75 Å². The number of hydrogen-bond acceptors (Lipinski definition) is 4. The van der Waals surface area contributed by atoms with Gasteiger partial charge < -0.3 is 10.5 Å². The van der Waals surface area contributed by atoms with Crippen LogP contribution in [0.1, 0.15) is 6.92 Å². The Labute approximate surface area is 95.0 Å². The van der Waals surface area contributed by atoms with E-state index >= 15 is 0 Å². The normalized spacial score (nSPS) is 11.1. The van der Waals surface area contributed by atoms with E-state index in [0.717, 1.165) is 0 Å². The van der Waals surface area contributed by atoms with Crippen molar-refractivity contribution in [2.45, 2.75) is 6.92 Å². The van der Waals surface area contributed by atoms with E-state index in [-0.39, 0.29) is 0 Å². The van der Waals surface area contributed by atoms with Crippen LogP contribution in [0.15, 0.2) is 18.2 Å². The summed E-state index contributed by atoms with van der Waals surface area (Å²) < 4.78 is 32.6. The number of nitrogen functional groups attached to an aromatic ring is 1. The van der Waals surface area contributed by atoms with Crippen molar-refractivity contribution in [1.29, 1.82) is 0 Å². The second-order valence-corrected chi connectivity index (χ2v) is 4.56. The molecular weight excluding hydrogens is 230 g/mol. The average molecular weight is 245 g/mol. The van der Waals surface area contributed by atoms with Crippen molar-refractivity contribution in [2.24, 2.45) is 0 Å². The molecule has 6 nitrogen and oxygen atoms in total. The van der Waals surface area contributed by atoms with Crippen LogP contribution in [0, 0.1) is 0 Å². The molecule has 90 valence electrons. The van der Waals surface area contributed by atoms with Crippen LogP contribution >= 0.6 is 0 Å². The van der Waals surface area contributed by atoms with Gasteiger partial charge in [0.2, 0.25) is 0 Å². The lowest BCUT2D eigenvalue weighted by molar-refractivity contribution is 0.417. The molecule has 0 amide bonds. The molecule has 0 saturated carbocycles. The number of ether oxygens (including phenoxy) is 1. The smallest absolute Gasteiger partial charge is 0.299 e. The van der Waals surface area contributed by atoms with E-state index < -0.39 is 10.2 Å². The second-order valence-electron chi connectivity index (χ2n) is 3.06. The number of rotatable bonds is 5. The van der Waals surface area contributed by atoms with Crippen LogP contribution in [0.25, 0.3) is 0 Å². The van der Waals surface area contributed by atoms with Crippen molar-refractivity contribution in [3.63, 3.8) is 0 Å². The third kappa shape index (κ3) is 3.28. The maximum atomic E-state index is 11.5. The van der Waals surface area contributed by atoms with Crippen LogP contribution in [0.2, 0.25) is 0 Å². The molecule has 0 bridgehead atoms. The molecule has 0 saturated heterocycles. The molecule has 4 N–H and O–H groups in total. The molecule has 0 aromatic heterocycles. The second kappa shape index (κ2) is 5.04. The Kier molecular flexibility index (Phi) is 3.97. The molecule has 0 radical (unpaired) electrons. The Hall–Kier alpha value is -1.47. The van der Waals surface area contributed by atoms with Gasteiger partial charge in [0.1, 0.15) is 5.75 Å². The fourth-order valence-electron chi connectivity index (χ4n) is 1.18. The SMILES string of the molecule is CCNS(=O)(=O)Nc1cc(N)ccc1OC. The highest BCUT2D eigenvalue weighted by Crippen LogP contribution is 2.26. The van der Waals surface area contributed by atoms with Crippen molar-refractivity contribution >= 4 is 21.6 Å². The first-order chi connectivity index (χ1) is 7.48. The zero-order chi connectivity index (χ0) is 12.2. The van der Waals surface area contributed by atoms with Gasteiger partial charge in [-0.3, -0.25) is 4.72 Å². The Morgan fingerprint density at radius 3 is 2.69 bits per heavy atom. The summed E-state index contributed by atoms with van der Waals surface area (Å²) in [6.07, 6.45) is 0. The summed E-state index contributed by atoms with van der Waals surface area (Å²) in [6, 6.07) is 4.72. The summed E-state index contributed by atoms with van der Waals surface area (Å²) >= 11 is 0. The van der Waals surface area contributed by atoms with Gasteiger partial charge in [0.05, 0.1) is 12.8 Å². The minimum atomic E-state index is -3.57. The minimum absolute atomic E-state index is 0.306. The molecule has 0 atom stereocenters. The van der Waals surface area contributed by atoms with Crippen molar-refractivity contribution < 1.29 is 13.2 Å². The zero-order valence-electron chi connectivity index (χ0n) is 9.15. The van der Waals surface area contributed by atoms with Gasteiger partial charge in [-0.25, -0.2) is 0 Å². The van der Waals surface area contributed by atoms with Gasteiger partial charge >= 0.3 is 0 Å². The molecule has 0 aliphatic rings. The van der Waals surface area contributed by atoms with Crippen LogP contribution < -0.4 is 19.9 Å². The van der Waals surface area contributed by atoms with Gasteiger partial charge in [-0.05, 0) is 18.2 Å². The Morgan fingerprint density at radius 1 is 1.44 bits per heavy atom. The first-order valence-electron chi connectivity index (χ1n) is 4.69. The standard InChI is InChI=1S/C9H15N3O3S/c1-3-11-16(13,14)12-8-6-7(10)4-5-9(8)15-2/h4-6,11-12H,3,10H2,1-2H3. The zero-order valence-corrected chi connectivity index (χ0v) is 9.97. The first-order valence-corrected chi connectivity index (χ1v) is 6.17. The van der Waals surface area contributed by atoms with Gasteiger partial charge in [-0.15, -0.1) is 0 Å². The highest BCUT2D eigenvalue weighted by Gasteiger charge is 2.11. The molecule has 0 unspecified atom stereocenters. The number of methoxy groups -OCH3 is 1. The van der Waals surface area contributed by atoms with E-state index in [2.05, 4.69) is 9.44 Å².